The molecule has 30 heavy (non-hydrogen) atoms. The SMILES string of the molecule is CC1(C)OB(c2ccc(N3CCN(Cc4ccccc4)CC3)c(C=O)c2)OC1(C)C. The number of hydrogen-bond acceptors (Lipinski definition) is 5. The molecule has 2 aromatic rings. The van der Waals surface area contributed by atoms with Gasteiger partial charge < -0.3 is 14.2 Å². The van der Waals surface area contributed by atoms with Crippen LogP contribution in [0.1, 0.15) is 43.6 Å². The van der Waals surface area contributed by atoms with E-state index < -0.39 is 18.3 Å². The van der Waals surface area contributed by atoms with Gasteiger partial charge in [-0.15, -0.1) is 0 Å². The van der Waals surface area contributed by atoms with Gasteiger partial charge in [0.2, 0.25) is 0 Å². The van der Waals surface area contributed by atoms with E-state index in [2.05, 4.69) is 40.1 Å². The van der Waals surface area contributed by atoms with E-state index in [0.29, 0.717) is 5.56 Å². The highest BCUT2D eigenvalue weighted by molar-refractivity contribution is 6.62. The number of hydrogen-bond donors (Lipinski definition) is 0. The van der Waals surface area contributed by atoms with E-state index in [0.717, 1.165) is 50.2 Å². The summed E-state index contributed by atoms with van der Waals surface area (Å²) in [5, 5.41) is 0. The Kier molecular flexibility index (Phi) is 5.75. The molecular formula is C24H31BN2O3. The molecule has 6 heteroatoms. The molecule has 2 heterocycles. The highest BCUT2D eigenvalue weighted by Gasteiger charge is 2.51. The molecule has 0 aromatic heterocycles. The Hall–Kier alpha value is -2.15. The summed E-state index contributed by atoms with van der Waals surface area (Å²) >= 11 is 0. The molecule has 2 aromatic carbocycles. The number of nitrogens with zero attached hydrogens (tertiary/aromatic N) is 2. The Bertz CT molecular complexity index is 877. The second-order valence-electron chi connectivity index (χ2n) is 9.27. The van der Waals surface area contributed by atoms with E-state index >= 15 is 0 Å². The van der Waals surface area contributed by atoms with Crippen molar-refractivity contribution < 1.29 is 14.1 Å². The topological polar surface area (TPSA) is 42.0 Å². The zero-order chi connectivity index (χ0) is 21.4. The molecule has 158 valence electrons. The lowest BCUT2D eigenvalue weighted by atomic mass is 9.78. The van der Waals surface area contributed by atoms with Gasteiger partial charge in [-0.1, -0.05) is 36.4 Å². The number of aldehydes is 1. The third-order valence-electron chi connectivity index (χ3n) is 6.67. The molecule has 0 spiro atoms. The molecule has 0 unspecified atom stereocenters. The quantitative estimate of drug-likeness (QED) is 0.564. The molecule has 0 radical (unpaired) electrons. The normalized spacial score (nSPS) is 21.1. The summed E-state index contributed by atoms with van der Waals surface area (Å²) in [6, 6.07) is 16.6. The van der Waals surface area contributed by atoms with Crippen molar-refractivity contribution in [1.29, 1.82) is 0 Å². The summed E-state index contributed by atoms with van der Waals surface area (Å²) in [6.07, 6.45) is 0.945. The molecular weight excluding hydrogens is 375 g/mol. The summed E-state index contributed by atoms with van der Waals surface area (Å²) in [4.78, 5) is 16.6. The van der Waals surface area contributed by atoms with Gasteiger partial charge in [0, 0.05) is 44.0 Å². The zero-order valence-electron chi connectivity index (χ0n) is 18.4. The van der Waals surface area contributed by atoms with Gasteiger partial charge in [-0.05, 0) is 50.9 Å². The van der Waals surface area contributed by atoms with Gasteiger partial charge in [0.05, 0.1) is 11.2 Å². The minimum atomic E-state index is -0.453. The molecule has 2 fully saturated rings. The van der Waals surface area contributed by atoms with Crippen LogP contribution in [0.25, 0.3) is 0 Å². The van der Waals surface area contributed by atoms with Crippen molar-refractivity contribution in [3.63, 3.8) is 0 Å². The van der Waals surface area contributed by atoms with Crippen molar-refractivity contribution in [2.45, 2.75) is 45.4 Å². The Balaban J connectivity index is 1.44. The van der Waals surface area contributed by atoms with Crippen LogP contribution in [0.4, 0.5) is 5.69 Å². The molecule has 0 bridgehead atoms. The van der Waals surface area contributed by atoms with Gasteiger partial charge in [0.15, 0.2) is 6.29 Å². The van der Waals surface area contributed by atoms with Gasteiger partial charge in [-0.25, -0.2) is 0 Å². The second kappa shape index (κ2) is 8.18. The predicted molar refractivity (Wildman–Crippen MR) is 121 cm³/mol. The zero-order valence-corrected chi connectivity index (χ0v) is 18.4. The molecule has 0 aliphatic carbocycles. The number of rotatable bonds is 5. The summed E-state index contributed by atoms with van der Waals surface area (Å²) in [7, 11) is -0.453. The lowest BCUT2D eigenvalue weighted by Crippen LogP contribution is -2.46. The monoisotopic (exact) mass is 406 g/mol. The first-order valence-electron chi connectivity index (χ1n) is 10.7. The van der Waals surface area contributed by atoms with Crippen LogP contribution in [-0.2, 0) is 15.9 Å². The molecule has 2 aliphatic rings. The fourth-order valence-electron chi connectivity index (χ4n) is 4.07. The van der Waals surface area contributed by atoms with Crippen molar-refractivity contribution in [3.05, 3.63) is 59.7 Å². The Morgan fingerprint density at radius 2 is 1.57 bits per heavy atom. The predicted octanol–water partition coefficient (Wildman–Crippen LogP) is 3.12. The summed E-state index contributed by atoms with van der Waals surface area (Å²) in [5.74, 6) is 0. The molecule has 0 atom stereocenters. The lowest BCUT2D eigenvalue weighted by Gasteiger charge is -2.36. The summed E-state index contributed by atoms with van der Waals surface area (Å²) in [5.41, 5.74) is 3.12. The van der Waals surface area contributed by atoms with Gasteiger partial charge in [0.25, 0.3) is 0 Å². The Morgan fingerprint density at radius 1 is 0.933 bits per heavy atom. The van der Waals surface area contributed by atoms with Crippen molar-refractivity contribution in [1.82, 2.24) is 4.90 Å². The molecule has 0 saturated carbocycles. The average molecular weight is 406 g/mol. The maximum atomic E-state index is 11.9. The van der Waals surface area contributed by atoms with Gasteiger partial charge >= 0.3 is 7.12 Å². The van der Waals surface area contributed by atoms with Gasteiger partial charge in [-0.3, -0.25) is 9.69 Å². The minimum Gasteiger partial charge on any atom is -0.399 e. The largest absolute Gasteiger partial charge is 0.494 e. The molecule has 0 amide bonds. The van der Waals surface area contributed by atoms with Crippen molar-refractivity contribution in [2.24, 2.45) is 0 Å². The standard InChI is InChI=1S/C24H31BN2O3/c1-23(2)24(3,4)30-25(29-23)21-10-11-22(20(16-21)18-28)27-14-12-26(13-15-27)17-19-8-6-5-7-9-19/h5-11,16,18H,12-15,17H2,1-4H3. The average Bonchev–Trinajstić information content (AvgIpc) is 2.96. The van der Waals surface area contributed by atoms with E-state index in [4.69, 9.17) is 9.31 Å². The van der Waals surface area contributed by atoms with E-state index in [1.54, 1.807) is 0 Å². The second-order valence-corrected chi connectivity index (χ2v) is 9.27. The Labute approximate surface area is 180 Å². The molecule has 4 rings (SSSR count). The molecule has 0 N–H and O–H groups in total. The van der Waals surface area contributed by atoms with Crippen molar-refractivity contribution in [3.8, 4) is 0 Å². The lowest BCUT2D eigenvalue weighted by molar-refractivity contribution is 0.00578. The molecule has 2 saturated heterocycles. The first-order chi connectivity index (χ1) is 14.3. The molecule has 5 nitrogen and oxygen atoms in total. The highest BCUT2D eigenvalue weighted by atomic mass is 16.7. The van der Waals surface area contributed by atoms with E-state index in [9.17, 15) is 4.79 Å². The van der Waals surface area contributed by atoms with Crippen LogP contribution in [0.2, 0.25) is 0 Å². The van der Waals surface area contributed by atoms with Crippen LogP contribution in [0, 0.1) is 0 Å². The van der Waals surface area contributed by atoms with Gasteiger partial charge in [-0.2, -0.15) is 0 Å². The number of benzene rings is 2. The third kappa shape index (κ3) is 4.17. The smallest absolute Gasteiger partial charge is 0.399 e. The Morgan fingerprint density at radius 3 is 2.17 bits per heavy atom. The van der Waals surface area contributed by atoms with Crippen LogP contribution in [-0.4, -0.2) is 55.7 Å². The van der Waals surface area contributed by atoms with Gasteiger partial charge in [0.1, 0.15) is 0 Å². The van der Waals surface area contributed by atoms with Crippen LogP contribution >= 0.6 is 0 Å². The van der Waals surface area contributed by atoms with Crippen LogP contribution in [0.15, 0.2) is 48.5 Å². The number of piperazine rings is 1. The number of carbonyl (C=O) groups excluding carboxylic acids is 1. The first kappa shape index (κ1) is 21.1. The maximum Gasteiger partial charge on any atom is 0.494 e. The highest BCUT2D eigenvalue weighted by Crippen LogP contribution is 2.36. The van der Waals surface area contributed by atoms with Crippen LogP contribution in [0.3, 0.4) is 0 Å². The number of carbonyl (C=O) groups is 1. The van der Waals surface area contributed by atoms with Crippen LogP contribution < -0.4 is 10.4 Å². The number of anilines is 1. The molecule has 2 aliphatic heterocycles. The van der Waals surface area contributed by atoms with Crippen molar-refractivity contribution in [2.75, 3.05) is 31.1 Å². The maximum absolute atomic E-state index is 11.9. The van der Waals surface area contributed by atoms with E-state index in [1.165, 1.54) is 5.56 Å². The first-order valence-corrected chi connectivity index (χ1v) is 10.7. The van der Waals surface area contributed by atoms with Crippen LogP contribution in [0.5, 0.6) is 0 Å². The third-order valence-corrected chi connectivity index (χ3v) is 6.67. The fraction of sp³-hybridized carbons (Fsp3) is 0.458. The summed E-state index contributed by atoms with van der Waals surface area (Å²) < 4.78 is 12.3. The van der Waals surface area contributed by atoms with E-state index in [-0.39, 0.29) is 0 Å². The van der Waals surface area contributed by atoms with Crippen molar-refractivity contribution >= 4 is 24.6 Å². The summed E-state index contributed by atoms with van der Waals surface area (Å²) in [6.45, 7) is 12.9. The minimum absolute atomic E-state index is 0.396. The van der Waals surface area contributed by atoms with E-state index in [1.807, 2.05) is 45.9 Å². The fourth-order valence-corrected chi connectivity index (χ4v) is 4.07.